The van der Waals surface area contributed by atoms with Crippen LogP contribution < -0.4 is 20.1 Å². The van der Waals surface area contributed by atoms with Crippen LogP contribution in [0.4, 0.5) is 4.79 Å². The van der Waals surface area contributed by atoms with Gasteiger partial charge in [-0.1, -0.05) is 36.4 Å². The van der Waals surface area contributed by atoms with Gasteiger partial charge in [0, 0.05) is 24.8 Å². The van der Waals surface area contributed by atoms with E-state index in [0.29, 0.717) is 31.1 Å². The quantitative estimate of drug-likeness (QED) is 0.630. The number of carbonyl (C=O) groups is 1. The molecule has 2 N–H and O–H groups in total. The Labute approximate surface area is 164 Å². The molecular weight excluding hydrogens is 356 g/mol. The molecule has 2 amide bonds. The first-order valence-electron chi connectivity index (χ1n) is 8.96. The molecular formula is C21H24N4O3. The van der Waals surface area contributed by atoms with Crippen LogP contribution in [0.25, 0.3) is 0 Å². The number of nitrogens with one attached hydrogen (secondary N) is 2. The highest BCUT2D eigenvalue weighted by Gasteiger charge is 2.07. The molecule has 146 valence electrons. The third-order valence-electron chi connectivity index (χ3n) is 4.23. The molecule has 1 aromatic heterocycles. The molecule has 7 nitrogen and oxygen atoms in total. The van der Waals surface area contributed by atoms with E-state index in [0.717, 1.165) is 11.1 Å². The van der Waals surface area contributed by atoms with Crippen molar-refractivity contribution in [2.75, 3.05) is 14.2 Å². The molecule has 0 radical (unpaired) electrons. The van der Waals surface area contributed by atoms with Gasteiger partial charge in [0.05, 0.1) is 27.0 Å². The van der Waals surface area contributed by atoms with Gasteiger partial charge in [-0.05, 0) is 23.3 Å². The Morgan fingerprint density at radius 2 is 1.64 bits per heavy atom. The number of rotatable bonds is 8. The maximum absolute atomic E-state index is 12.1. The van der Waals surface area contributed by atoms with Crippen molar-refractivity contribution in [3.05, 3.63) is 77.6 Å². The summed E-state index contributed by atoms with van der Waals surface area (Å²) in [6, 6.07) is 15.4. The zero-order chi connectivity index (χ0) is 19.8. The molecule has 3 rings (SSSR count). The summed E-state index contributed by atoms with van der Waals surface area (Å²) in [5.74, 6) is 1.29. The van der Waals surface area contributed by atoms with Gasteiger partial charge < -0.3 is 20.1 Å². The highest BCUT2D eigenvalue weighted by atomic mass is 16.5. The fourth-order valence-corrected chi connectivity index (χ4v) is 2.77. The summed E-state index contributed by atoms with van der Waals surface area (Å²) in [5.41, 5.74) is 3.04. The minimum Gasteiger partial charge on any atom is -0.493 e. The van der Waals surface area contributed by atoms with E-state index in [9.17, 15) is 4.79 Å². The summed E-state index contributed by atoms with van der Waals surface area (Å²) in [7, 11) is 3.17. The van der Waals surface area contributed by atoms with E-state index in [1.165, 1.54) is 5.56 Å². The summed E-state index contributed by atoms with van der Waals surface area (Å²) in [6.07, 6.45) is 3.69. The van der Waals surface area contributed by atoms with Crippen molar-refractivity contribution in [1.29, 1.82) is 0 Å². The number of nitrogens with zero attached hydrogens (tertiary/aromatic N) is 2. The number of hydrogen-bond donors (Lipinski definition) is 2. The van der Waals surface area contributed by atoms with Crippen molar-refractivity contribution in [2.24, 2.45) is 0 Å². The molecule has 0 aliphatic heterocycles. The highest BCUT2D eigenvalue weighted by molar-refractivity contribution is 5.73. The zero-order valence-electron chi connectivity index (χ0n) is 16.0. The Balaban J connectivity index is 1.46. The van der Waals surface area contributed by atoms with Crippen LogP contribution in [0.2, 0.25) is 0 Å². The number of ether oxygens (including phenoxy) is 2. The predicted molar refractivity (Wildman–Crippen MR) is 106 cm³/mol. The van der Waals surface area contributed by atoms with Crippen LogP contribution in [0.1, 0.15) is 16.7 Å². The molecule has 7 heteroatoms. The Morgan fingerprint density at radius 3 is 2.36 bits per heavy atom. The molecule has 0 atom stereocenters. The molecule has 0 fully saturated rings. The normalized spacial score (nSPS) is 10.4. The molecule has 0 spiro atoms. The highest BCUT2D eigenvalue weighted by Crippen LogP contribution is 2.27. The third-order valence-corrected chi connectivity index (χ3v) is 4.23. The molecule has 1 heterocycles. The number of methoxy groups -OCH3 is 2. The summed E-state index contributed by atoms with van der Waals surface area (Å²) in [4.78, 5) is 12.1. The minimum absolute atomic E-state index is 0.245. The van der Waals surface area contributed by atoms with Gasteiger partial charge in [0.25, 0.3) is 0 Å². The molecule has 0 saturated carbocycles. The molecule has 0 unspecified atom stereocenters. The van der Waals surface area contributed by atoms with E-state index >= 15 is 0 Å². The number of aromatic nitrogens is 2. The van der Waals surface area contributed by atoms with Crippen molar-refractivity contribution < 1.29 is 14.3 Å². The first kappa shape index (κ1) is 19.3. The number of carbonyl (C=O) groups excluding carboxylic acids is 1. The minimum atomic E-state index is -0.245. The lowest BCUT2D eigenvalue weighted by molar-refractivity contribution is 0.240. The SMILES string of the molecule is COc1ccc(CNC(=O)NCc2cnn(Cc3ccccc3)c2)cc1OC. The maximum Gasteiger partial charge on any atom is 0.315 e. The smallest absolute Gasteiger partial charge is 0.315 e. The van der Waals surface area contributed by atoms with E-state index < -0.39 is 0 Å². The average Bonchev–Trinajstić information content (AvgIpc) is 3.18. The maximum atomic E-state index is 12.1. The van der Waals surface area contributed by atoms with Gasteiger partial charge in [0.15, 0.2) is 11.5 Å². The topological polar surface area (TPSA) is 77.4 Å². The van der Waals surface area contributed by atoms with Crippen molar-refractivity contribution in [3.8, 4) is 11.5 Å². The van der Waals surface area contributed by atoms with E-state index in [-0.39, 0.29) is 6.03 Å². The summed E-state index contributed by atoms with van der Waals surface area (Å²) in [6.45, 7) is 1.50. The Hall–Kier alpha value is -3.48. The van der Waals surface area contributed by atoms with Crippen molar-refractivity contribution in [3.63, 3.8) is 0 Å². The summed E-state index contributed by atoms with van der Waals surface area (Å²) >= 11 is 0. The van der Waals surface area contributed by atoms with E-state index in [1.54, 1.807) is 20.4 Å². The van der Waals surface area contributed by atoms with Gasteiger partial charge >= 0.3 is 6.03 Å². The van der Waals surface area contributed by atoms with Gasteiger partial charge in [-0.25, -0.2) is 4.79 Å². The first-order chi connectivity index (χ1) is 13.7. The standard InChI is InChI=1S/C21H24N4O3/c1-27-19-9-8-17(10-20(19)28-2)11-22-21(26)23-12-18-13-24-25(15-18)14-16-6-4-3-5-7-16/h3-10,13,15H,11-12,14H2,1-2H3,(H2,22,23,26). The Kier molecular flexibility index (Phi) is 6.51. The number of benzene rings is 2. The lowest BCUT2D eigenvalue weighted by Crippen LogP contribution is -2.34. The lowest BCUT2D eigenvalue weighted by atomic mass is 10.2. The number of hydrogen-bond acceptors (Lipinski definition) is 4. The van der Waals surface area contributed by atoms with Gasteiger partial charge in [-0.3, -0.25) is 4.68 Å². The van der Waals surface area contributed by atoms with Crippen LogP contribution in [0.15, 0.2) is 60.9 Å². The molecule has 0 bridgehead atoms. The monoisotopic (exact) mass is 380 g/mol. The molecule has 3 aromatic rings. The van der Waals surface area contributed by atoms with E-state index in [1.807, 2.05) is 47.3 Å². The number of amides is 2. The second kappa shape index (κ2) is 9.45. The molecule has 0 saturated heterocycles. The fourth-order valence-electron chi connectivity index (χ4n) is 2.77. The largest absolute Gasteiger partial charge is 0.493 e. The molecule has 0 aliphatic rings. The van der Waals surface area contributed by atoms with Crippen LogP contribution in [0, 0.1) is 0 Å². The van der Waals surface area contributed by atoms with Crippen LogP contribution in [-0.4, -0.2) is 30.0 Å². The average molecular weight is 380 g/mol. The Morgan fingerprint density at radius 1 is 0.929 bits per heavy atom. The lowest BCUT2D eigenvalue weighted by Gasteiger charge is -2.10. The van der Waals surface area contributed by atoms with Crippen LogP contribution >= 0.6 is 0 Å². The predicted octanol–water partition coefficient (Wildman–Crippen LogP) is 2.95. The second-order valence-corrected chi connectivity index (χ2v) is 6.26. The van der Waals surface area contributed by atoms with Gasteiger partial charge in [0.2, 0.25) is 0 Å². The van der Waals surface area contributed by atoms with Gasteiger partial charge in [0.1, 0.15) is 0 Å². The van der Waals surface area contributed by atoms with Crippen LogP contribution in [0.5, 0.6) is 11.5 Å². The molecule has 28 heavy (non-hydrogen) atoms. The van der Waals surface area contributed by atoms with Crippen LogP contribution in [0.3, 0.4) is 0 Å². The fraction of sp³-hybridized carbons (Fsp3) is 0.238. The van der Waals surface area contributed by atoms with E-state index in [4.69, 9.17) is 9.47 Å². The summed E-state index contributed by atoms with van der Waals surface area (Å²) in [5, 5.41) is 10.0. The summed E-state index contributed by atoms with van der Waals surface area (Å²) < 4.78 is 12.3. The Bertz CT molecular complexity index is 909. The molecule has 0 aliphatic carbocycles. The number of urea groups is 1. The van der Waals surface area contributed by atoms with Crippen molar-refractivity contribution in [2.45, 2.75) is 19.6 Å². The molecule has 2 aromatic carbocycles. The van der Waals surface area contributed by atoms with Crippen molar-refractivity contribution in [1.82, 2.24) is 20.4 Å². The zero-order valence-corrected chi connectivity index (χ0v) is 16.0. The van der Waals surface area contributed by atoms with Gasteiger partial charge in [-0.15, -0.1) is 0 Å². The second-order valence-electron chi connectivity index (χ2n) is 6.26. The first-order valence-corrected chi connectivity index (χ1v) is 8.96. The third kappa shape index (κ3) is 5.26. The van der Waals surface area contributed by atoms with Crippen LogP contribution in [-0.2, 0) is 19.6 Å². The van der Waals surface area contributed by atoms with E-state index in [2.05, 4.69) is 27.9 Å². The van der Waals surface area contributed by atoms with Gasteiger partial charge in [-0.2, -0.15) is 5.10 Å². The van der Waals surface area contributed by atoms with Crippen molar-refractivity contribution >= 4 is 6.03 Å².